The number of nitrogens with one attached hydrogen (secondary N) is 1. The number of hydrogen-bond acceptors (Lipinski definition) is 5. The zero-order chi connectivity index (χ0) is 32.4. The smallest absolute Gasteiger partial charge is 0.335 e. The average Bonchev–Trinajstić information content (AvgIpc) is 3.79. The van der Waals surface area contributed by atoms with E-state index in [1.807, 2.05) is 10.8 Å². The molecule has 0 atom stereocenters. The highest BCUT2D eigenvalue weighted by Gasteiger charge is 2.28. The Bertz CT molecular complexity index is 1440. The lowest BCUT2D eigenvalue weighted by molar-refractivity contribution is 0.0696. The first-order valence-electron chi connectivity index (χ1n) is 15.6. The first-order valence-corrected chi connectivity index (χ1v) is 15.6. The number of allylic oxidation sites excluding steroid dienone is 3. The fraction of sp³-hybridized carbons (Fsp3) is 0.457. The Morgan fingerprint density at radius 2 is 1.77 bits per heavy atom. The molecule has 238 valence electrons. The summed E-state index contributed by atoms with van der Waals surface area (Å²) in [6, 6.07) is 3.50. The third kappa shape index (κ3) is 8.55. The van der Waals surface area contributed by atoms with E-state index < -0.39 is 17.6 Å². The summed E-state index contributed by atoms with van der Waals surface area (Å²) in [5, 5.41) is 11.9. The van der Waals surface area contributed by atoms with Crippen LogP contribution in [0.25, 0.3) is 5.70 Å². The van der Waals surface area contributed by atoms with Crippen molar-refractivity contribution in [1.82, 2.24) is 9.47 Å². The molecule has 2 aliphatic rings. The number of likely N-dealkylation sites (tertiary alicyclic amines) is 1. The molecule has 2 heterocycles. The van der Waals surface area contributed by atoms with Crippen molar-refractivity contribution in [3.63, 3.8) is 0 Å². The van der Waals surface area contributed by atoms with Gasteiger partial charge in [0, 0.05) is 43.5 Å². The van der Waals surface area contributed by atoms with E-state index in [1.54, 1.807) is 13.1 Å². The fourth-order valence-electron chi connectivity index (χ4n) is 5.21. The number of carbonyl (C=O) groups is 1. The minimum absolute atomic E-state index is 0.000752. The number of rotatable bonds is 11. The van der Waals surface area contributed by atoms with E-state index in [0.29, 0.717) is 11.7 Å². The van der Waals surface area contributed by atoms with Crippen LogP contribution in [0.4, 0.5) is 20.3 Å². The van der Waals surface area contributed by atoms with Crippen molar-refractivity contribution in [3.05, 3.63) is 76.8 Å². The number of aromatic carboxylic acids is 1. The molecule has 0 unspecified atom stereocenters. The summed E-state index contributed by atoms with van der Waals surface area (Å²) in [5.74, 6) is -0.457. The van der Waals surface area contributed by atoms with Crippen LogP contribution in [0.3, 0.4) is 0 Å². The van der Waals surface area contributed by atoms with Gasteiger partial charge in [-0.15, -0.1) is 0 Å². The van der Waals surface area contributed by atoms with Crippen LogP contribution in [0, 0.1) is 17.6 Å². The summed E-state index contributed by atoms with van der Waals surface area (Å²) in [4.78, 5) is 22.9. The van der Waals surface area contributed by atoms with Gasteiger partial charge in [0.25, 0.3) is 0 Å². The Kier molecular flexibility index (Phi) is 12.7. The van der Waals surface area contributed by atoms with Crippen LogP contribution in [-0.2, 0) is 0 Å². The van der Waals surface area contributed by atoms with E-state index in [-0.39, 0.29) is 28.6 Å². The molecule has 0 amide bonds. The minimum atomic E-state index is -1.23. The van der Waals surface area contributed by atoms with Crippen molar-refractivity contribution >= 4 is 35.6 Å². The molecule has 44 heavy (non-hydrogen) atoms. The number of hydrogen-bond donors (Lipinski definition) is 2. The van der Waals surface area contributed by atoms with E-state index in [1.165, 1.54) is 48.7 Å². The van der Waals surface area contributed by atoms with Crippen molar-refractivity contribution < 1.29 is 18.7 Å². The highest BCUT2D eigenvalue weighted by molar-refractivity contribution is 5.89. The first kappa shape index (κ1) is 34.5. The Morgan fingerprint density at radius 1 is 1.11 bits per heavy atom. The second-order valence-electron chi connectivity index (χ2n) is 11.3. The molecule has 2 fully saturated rings. The molecule has 1 aromatic heterocycles. The van der Waals surface area contributed by atoms with Gasteiger partial charge in [-0.25, -0.2) is 23.6 Å². The molecule has 0 bridgehead atoms. The van der Waals surface area contributed by atoms with Gasteiger partial charge in [-0.1, -0.05) is 39.8 Å². The molecule has 1 aliphatic carbocycles. The molecule has 7 nitrogen and oxygen atoms in total. The van der Waals surface area contributed by atoms with Gasteiger partial charge in [-0.05, 0) is 88.1 Å². The van der Waals surface area contributed by atoms with Crippen LogP contribution < -0.4 is 5.32 Å². The molecular formula is C35H47F2N5O2. The van der Waals surface area contributed by atoms with E-state index in [4.69, 9.17) is 10.1 Å². The summed E-state index contributed by atoms with van der Waals surface area (Å²) < 4.78 is 31.8. The van der Waals surface area contributed by atoms with E-state index in [9.17, 15) is 9.18 Å². The van der Waals surface area contributed by atoms with Gasteiger partial charge in [0.05, 0.1) is 16.8 Å². The summed E-state index contributed by atoms with van der Waals surface area (Å²) in [6.45, 7) is 17.8. The number of nitrogens with zero attached hydrogens (tertiary/aromatic N) is 4. The normalized spacial score (nSPS) is 16.6. The van der Waals surface area contributed by atoms with Crippen LogP contribution in [0.2, 0.25) is 0 Å². The Balaban J connectivity index is 0.00000169. The molecule has 2 N–H and O–H groups in total. The van der Waals surface area contributed by atoms with Crippen molar-refractivity contribution in [1.29, 1.82) is 0 Å². The monoisotopic (exact) mass is 607 g/mol. The molecule has 1 saturated carbocycles. The maximum atomic E-state index is 15.4. The molecule has 1 aliphatic heterocycles. The summed E-state index contributed by atoms with van der Waals surface area (Å²) >= 11 is 0. The van der Waals surface area contributed by atoms with Crippen LogP contribution >= 0.6 is 0 Å². The number of piperidine rings is 1. The minimum Gasteiger partial charge on any atom is -0.478 e. The predicted octanol–water partition coefficient (Wildman–Crippen LogP) is 9.39. The molecule has 2 aromatic rings. The van der Waals surface area contributed by atoms with E-state index >= 15 is 4.39 Å². The van der Waals surface area contributed by atoms with Crippen LogP contribution in [0.1, 0.15) is 102 Å². The van der Waals surface area contributed by atoms with Gasteiger partial charge < -0.3 is 19.9 Å². The molecular weight excluding hydrogens is 560 g/mol. The second kappa shape index (κ2) is 16.2. The quantitative estimate of drug-likeness (QED) is 0.249. The lowest BCUT2D eigenvalue weighted by Crippen LogP contribution is -2.34. The highest BCUT2D eigenvalue weighted by atomic mass is 19.1. The van der Waals surface area contributed by atoms with Crippen LogP contribution in [-0.4, -0.2) is 46.1 Å². The van der Waals surface area contributed by atoms with Crippen molar-refractivity contribution in [2.45, 2.75) is 86.1 Å². The van der Waals surface area contributed by atoms with Gasteiger partial charge in [0.2, 0.25) is 0 Å². The zero-order valence-electron chi connectivity index (χ0n) is 27.0. The zero-order valence-corrected chi connectivity index (χ0v) is 27.0. The average molecular weight is 608 g/mol. The summed E-state index contributed by atoms with van der Waals surface area (Å²) in [5.41, 5.74) is 2.64. The van der Waals surface area contributed by atoms with E-state index in [0.717, 1.165) is 44.2 Å². The fourth-order valence-corrected chi connectivity index (χ4v) is 5.21. The first-order chi connectivity index (χ1) is 21.1. The Labute approximate surface area is 260 Å². The molecule has 4 rings (SSSR count). The Morgan fingerprint density at radius 3 is 2.30 bits per heavy atom. The SMILES string of the molecule is C=C(Nc1ccc(C(=O)O)cc1F)c1c(F)cn(C2CCN(C(/N=C\C(=C/C)C3CC3)=C(C)CC)CC2)c1/N=C\C.CCC. The third-order valence-corrected chi connectivity index (χ3v) is 7.80. The number of carboxylic acids is 1. The van der Waals surface area contributed by atoms with Crippen LogP contribution in [0.5, 0.6) is 0 Å². The maximum absolute atomic E-state index is 15.4. The number of aliphatic imine (C=N–C) groups is 2. The topological polar surface area (TPSA) is 82.2 Å². The van der Waals surface area contributed by atoms with Crippen molar-refractivity contribution in [2.75, 3.05) is 18.4 Å². The third-order valence-electron chi connectivity index (χ3n) is 7.80. The van der Waals surface area contributed by atoms with Gasteiger partial charge in [-0.2, -0.15) is 0 Å². The van der Waals surface area contributed by atoms with Crippen molar-refractivity contribution in [3.8, 4) is 0 Å². The number of carboxylic acid groups (broad SMARTS) is 1. The van der Waals surface area contributed by atoms with Gasteiger partial charge in [-0.3, -0.25) is 0 Å². The van der Waals surface area contributed by atoms with Gasteiger partial charge in [0.15, 0.2) is 5.82 Å². The molecule has 9 heteroatoms. The molecule has 1 aromatic carbocycles. The van der Waals surface area contributed by atoms with Crippen LogP contribution in [0.15, 0.2) is 64.0 Å². The predicted molar refractivity (Wildman–Crippen MR) is 178 cm³/mol. The number of aromatic nitrogens is 1. The lowest BCUT2D eigenvalue weighted by Gasteiger charge is -2.35. The van der Waals surface area contributed by atoms with Gasteiger partial charge in [0.1, 0.15) is 17.5 Å². The number of benzene rings is 1. The lowest BCUT2D eigenvalue weighted by atomic mass is 10.0. The number of anilines is 1. The summed E-state index contributed by atoms with van der Waals surface area (Å²) in [6.07, 6.45) is 13.4. The summed E-state index contributed by atoms with van der Waals surface area (Å²) in [7, 11) is 0. The van der Waals surface area contributed by atoms with E-state index in [2.05, 4.69) is 62.5 Å². The molecule has 0 radical (unpaired) electrons. The molecule has 1 saturated heterocycles. The number of halogens is 2. The van der Waals surface area contributed by atoms with Gasteiger partial charge >= 0.3 is 5.97 Å². The van der Waals surface area contributed by atoms with Crippen molar-refractivity contribution in [2.24, 2.45) is 15.9 Å². The largest absolute Gasteiger partial charge is 0.478 e. The molecule has 0 spiro atoms. The second-order valence-corrected chi connectivity index (χ2v) is 11.3. The standard InChI is InChI=1S/C32H39F2N5O2.C3H8/c1-6-20(4)30(36-18-22(7-2)23-9-10-23)38-15-13-25(14-16-38)39-19-27(34)29(31(39)35-8-3)21(5)37-28-12-11-24(32(40)41)17-26(28)33;1-3-2/h7-8,11-12,17-19,23,25,37H,5-6,9-10,13-16H2,1-4H3,(H,40,41);3H2,1-2H3/b22-7+,30-20?,35-8-,36-18-;. The highest BCUT2D eigenvalue weighted by Crippen LogP contribution is 2.38. The maximum Gasteiger partial charge on any atom is 0.335 e. The Hall–Kier alpha value is -4.01.